The number of nitrogens with zero attached hydrogens (tertiary/aromatic N) is 1. The Morgan fingerprint density at radius 3 is 1.95 bits per heavy atom. The normalized spacial score (nSPS) is 18.5. The maximum Gasteiger partial charge on any atom is 0.261 e. The summed E-state index contributed by atoms with van der Waals surface area (Å²) in [5.41, 5.74) is 2.22. The molecule has 0 N–H and O–H groups in total. The van der Waals surface area contributed by atoms with E-state index < -0.39 is 8.32 Å². The van der Waals surface area contributed by atoms with Crippen molar-refractivity contribution < 1.29 is 9.22 Å². The third-order valence-corrected chi connectivity index (χ3v) is 14.4. The zero-order valence-electron chi connectivity index (χ0n) is 25.5. The zero-order chi connectivity index (χ0) is 30.6. The number of carbonyl (C=O) groups is 1. The van der Waals surface area contributed by atoms with Crippen molar-refractivity contribution in [2.75, 3.05) is 6.61 Å². The van der Waals surface area contributed by atoms with Crippen LogP contribution in [0.2, 0.25) is 15.1 Å². The van der Waals surface area contributed by atoms with Gasteiger partial charge < -0.3 is 9.33 Å². The number of piperidine rings is 1. The summed E-state index contributed by atoms with van der Waals surface area (Å²) in [6, 6.07) is 37.1. The molecule has 2 unspecified atom stereocenters. The molecular weight excluding hydrogens is 589 g/mol. The van der Waals surface area contributed by atoms with Gasteiger partial charge in [0.05, 0.1) is 18.7 Å². The highest BCUT2D eigenvalue weighted by atomic mass is 35.5. The van der Waals surface area contributed by atoms with Crippen molar-refractivity contribution in [1.29, 1.82) is 0 Å². The third-order valence-electron chi connectivity index (χ3n) is 8.90. The van der Waals surface area contributed by atoms with Crippen molar-refractivity contribution in [2.45, 2.75) is 70.0 Å². The highest BCUT2D eigenvalue weighted by Crippen LogP contribution is 2.45. The van der Waals surface area contributed by atoms with Gasteiger partial charge in [0, 0.05) is 22.4 Å². The van der Waals surface area contributed by atoms with E-state index in [4.69, 9.17) is 27.6 Å². The van der Waals surface area contributed by atoms with E-state index in [1.54, 1.807) is 0 Å². The first-order valence-corrected chi connectivity index (χ1v) is 17.9. The van der Waals surface area contributed by atoms with Crippen LogP contribution in [-0.2, 0) is 9.22 Å². The predicted octanol–water partition coefficient (Wildman–Crippen LogP) is 8.80. The largest absolute Gasteiger partial charge is 0.405 e. The Kier molecular flexibility index (Phi) is 9.82. The number of hydrogen-bond donors (Lipinski definition) is 0. The Labute approximate surface area is 267 Å². The van der Waals surface area contributed by atoms with E-state index in [0.29, 0.717) is 23.1 Å². The molecule has 3 atom stereocenters. The minimum absolute atomic E-state index is 0.0968. The number of likely N-dealkylation sites (tertiary alicyclic amines) is 1. The topological polar surface area (TPSA) is 29.5 Å². The highest BCUT2D eigenvalue weighted by Gasteiger charge is 2.51. The first-order chi connectivity index (χ1) is 20.7. The molecule has 0 radical (unpaired) electrons. The average Bonchev–Trinajstić information content (AvgIpc) is 3.00. The van der Waals surface area contributed by atoms with Gasteiger partial charge in [-0.2, -0.15) is 0 Å². The lowest BCUT2D eigenvalue weighted by molar-refractivity contribution is -0.142. The molecular formula is C37H41Cl2NO2Si. The standard InChI is InChI=1S/C37H41Cl2NO2Si/c1-5-31(26-42-43(37(2,3)4,32-15-8-6-9-16-32)33-17-10-7-11-18-33)40-35(41)24-23-34(28-13-12-14-30(39)25-28)36(40)27-19-21-29(38)22-20-27/h6-22,25,31,34,36H,5,23-24,26H2,1-4H3/t31?,34?,36-/m1/s1. The van der Waals surface area contributed by atoms with Gasteiger partial charge in [0.2, 0.25) is 5.91 Å². The Morgan fingerprint density at radius 2 is 1.42 bits per heavy atom. The van der Waals surface area contributed by atoms with Gasteiger partial charge in [-0.25, -0.2) is 0 Å². The fourth-order valence-corrected chi connectivity index (χ4v) is 11.8. The minimum atomic E-state index is -2.78. The molecule has 4 aromatic rings. The number of benzene rings is 4. The quantitative estimate of drug-likeness (QED) is 0.173. The van der Waals surface area contributed by atoms with E-state index in [9.17, 15) is 4.79 Å². The molecule has 0 aliphatic carbocycles. The highest BCUT2D eigenvalue weighted by molar-refractivity contribution is 6.99. The smallest absolute Gasteiger partial charge is 0.261 e. The van der Waals surface area contributed by atoms with Crippen LogP contribution in [-0.4, -0.2) is 31.8 Å². The first-order valence-electron chi connectivity index (χ1n) is 15.2. The van der Waals surface area contributed by atoms with Crippen LogP contribution in [0.15, 0.2) is 109 Å². The number of rotatable bonds is 9. The summed E-state index contributed by atoms with van der Waals surface area (Å²) in [5.74, 6) is 0.260. The molecule has 1 heterocycles. The maximum absolute atomic E-state index is 14.0. The zero-order valence-corrected chi connectivity index (χ0v) is 28.0. The van der Waals surface area contributed by atoms with Crippen molar-refractivity contribution in [3.8, 4) is 0 Å². The second-order valence-corrected chi connectivity index (χ2v) is 17.7. The SMILES string of the molecule is CCC(CO[Si](c1ccccc1)(c1ccccc1)C(C)(C)C)N1C(=O)CCC(c2cccc(Cl)c2)[C@H]1c1ccc(Cl)cc1. The van der Waals surface area contributed by atoms with Crippen LogP contribution in [0.5, 0.6) is 0 Å². The molecule has 1 fully saturated rings. The lowest BCUT2D eigenvalue weighted by Gasteiger charge is -2.48. The molecule has 0 spiro atoms. The van der Waals surface area contributed by atoms with Gasteiger partial charge in [-0.1, -0.05) is 136 Å². The third kappa shape index (κ3) is 6.49. The lowest BCUT2D eigenvalue weighted by Crippen LogP contribution is -2.67. The molecule has 224 valence electrons. The van der Waals surface area contributed by atoms with Crippen molar-refractivity contribution in [2.24, 2.45) is 0 Å². The monoisotopic (exact) mass is 629 g/mol. The van der Waals surface area contributed by atoms with Crippen molar-refractivity contribution >= 4 is 47.8 Å². The Bertz CT molecular complexity index is 1470. The van der Waals surface area contributed by atoms with Gasteiger partial charge >= 0.3 is 0 Å². The molecule has 4 aromatic carbocycles. The maximum atomic E-state index is 14.0. The van der Waals surface area contributed by atoms with E-state index in [1.165, 1.54) is 10.4 Å². The van der Waals surface area contributed by atoms with Gasteiger partial charge in [0.15, 0.2) is 0 Å². The summed E-state index contributed by atoms with van der Waals surface area (Å²) in [4.78, 5) is 16.1. The molecule has 0 bridgehead atoms. The number of carbonyl (C=O) groups excluding carboxylic acids is 1. The van der Waals surface area contributed by atoms with Gasteiger partial charge in [0.25, 0.3) is 8.32 Å². The Morgan fingerprint density at radius 1 is 0.814 bits per heavy atom. The summed E-state index contributed by atoms with van der Waals surface area (Å²) < 4.78 is 7.39. The second kappa shape index (κ2) is 13.4. The van der Waals surface area contributed by atoms with Crippen LogP contribution in [0.25, 0.3) is 0 Å². The number of amides is 1. The molecule has 5 rings (SSSR count). The van der Waals surface area contributed by atoms with Crippen LogP contribution in [0, 0.1) is 0 Å². The molecule has 1 aliphatic heterocycles. The van der Waals surface area contributed by atoms with E-state index in [-0.39, 0.29) is 28.9 Å². The van der Waals surface area contributed by atoms with Gasteiger partial charge in [-0.3, -0.25) is 4.79 Å². The Hall–Kier alpha value is -2.89. The predicted molar refractivity (Wildman–Crippen MR) is 182 cm³/mol. The van der Waals surface area contributed by atoms with Crippen molar-refractivity contribution in [1.82, 2.24) is 4.90 Å². The minimum Gasteiger partial charge on any atom is -0.405 e. The molecule has 1 aliphatic rings. The van der Waals surface area contributed by atoms with Crippen LogP contribution >= 0.6 is 23.2 Å². The summed E-state index contributed by atoms with van der Waals surface area (Å²) >= 11 is 12.8. The summed E-state index contributed by atoms with van der Waals surface area (Å²) in [5, 5.41) is 3.70. The lowest BCUT2D eigenvalue weighted by atomic mass is 9.79. The fraction of sp³-hybridized carbons (Fsp3) is 0.324. The average molecular weight is 631 g/mol. The molecule has 1 amide bonds. The fourth-order valence-electron chi connectivity index (χ4n) is 6.86. The molecule has 3 nitrogen and oxygen atoms in total. The van der Waals surface area contributed by atoms with Gasteiger partial charge in [0.1, 0.15) is 0 Å². The van der Waals surface area contributed by atoms with Crippen molar-refractivity contribution in [3.63, 3.8) is 0 Å². The summed E-state index contributed by atoms with van der Waals surface area (Å²) in [6.07, 6.45) is 2.02. The molecule has 1 saturated heterocycles. The van der Waals surface area contributed by atoms with E-state index in [2.05, 4.69) is 111 Å². The second-order valence-electron chi connectivity index (χ2n) is 12.5. The van der Waals surface area contributed by atoms with Gasteiger partial charge in [-0.15, -0.1) is 0 Å². The first kappa shape index (κ1) is 31.5. The van der Waals surface area contributed by atoms with Gasteiger partial charge in [-0.05, 0) is 63.6 Å². The van der Waals surface area contributed by atoms with Crippen LogP contribution in [0.3, 0.4) is 0 Å². The van der Waals surface area contributed by atoms with E-state index >= 15 is 0 Å². The number of hydrogen-bond acceptors (Lipinski definition) is 2. The molecule has 0 aromatic heterocycles. The van der Waals surface area contributed by atoms with Crippen LogP contribution < -0.4 is 10.4 Å². The molecule has 0 saturated carbocycles. The van der Waals surface area contributed by atoms with E-state index in [0.717, 1.165) is 24.0 Å². The summed E-state index contributed by atoms with van der Waals surface area (Å²) in [6.45, 7) is 9.48. The summed E-state index contributed by atoms with van der Waals surface area (Å²) in [7, 11) is -2.78. The Balaban J connectivity index is 1.58. The van der Waals surface area contributed by atoms with Crippen LogP contribution in [0.4, 0.5) is 0 Å². The molecule has 6 heteroatoms. The van der Waals surface area contributed by atoms with E-state index in [1.807, 2.05) is 30.3 Å². The number of halogens is 2. The van der Waals surface area contributed by atoms with Crippen molar-refractivity contribution in [3.05, 3.63) is 130 Å². The van der Waals surface area contributed by atoms with Crippen LogP contribution in [0.1, 0.15) is 70.0 Å². The molecule has 43 heavy (non-hydrogen) atoms.